The van der Waals surface area contributed by atoms with E-state index < -0.39 is 50.4 Å². The van der Waals surface area contributed by atoms with Crippen molar-refractivity contribution in [1.29, 1.82) is 0 Å². The fourth-order valence-corrected chi connectivity index (χ4v) is 12.6. The van der Waals surface area contributed by atoms with Gasteiger partial charge >= 0.3 is 6.09 Å². The van der Waals surface area contributed by atoms with Crippen LogP contribution >= 0.6 is 0 Å². The van der Waals surface area contributed by atoms with Crippen LogP contribution in [0.5, 0.6) is 5.75 Å². The number of amides is 1. The topological polar surface area (TPSA) is 218 Å². The predicted octanol–water partition coefficient (Wildman–Crippen LogP) is 6.32. The maximum absolute atomic E-state index is 16.0. The first-order chi connectivity index (χ1) is 31.2. The molecule has 0 aliphatic carbocycles. The lowest BCUT2D eigenvalue weighted by Gasteiger charge is -2.40. The number of carbonyl (C=O) groups is 1. The summed E-state index contributed by atoms with van der Waals surface area (Å²) < 4.78 is 77.8. The minimum Gasteiger partial charge on any atom is -0.497 e. The summed E-state index contributed by atoms with van der Waals surface area (Å²) in [7, 11) is -10.6. The minimum absolute atomic E-state index is 0.00912. The molecule has 1 saturated heterocycles. The van der Waals surface area contributed by atoms with Gasteiger partial charge in [-0.25, -0.2) is 26.4 Å². The second-order valence-corrected chi connectivity index (χ2v) is 26.5. The van der Waals surface area contributed by atoms with Crippen LogP contribution in [0.15, 0.2) is 107 Å². The number of aliphatic hydroxyl groups is 1. The Morgan fingerprint density at radius 1 is 0.909 bits per heavy atom. The van der Waals surface area contributed by atoms with Crippen molar-refractivity contribution < 1.29 is 41.0 Å². The van der Waals surface area contributed by atoms with Gasteiger partial charge in [-0.05, 0) is 90.0 Å². The standard InChI is InChI=1S/C46H62N8O9S2Si/c1-33-26-37(32-55)24-25-53(33)40-22-23-41(64(58,59)48-28-39(27-47-45(56)57)63-66(6,7)46(2,3)4)43(42(40)44-49-51-54(50-44)31-36-18-20-38(62-5)21-19-36)65(60,61)52(29-34-14-10-8-11-15-34)30-35-16-12-9-13-17-35/h8-23,33,37,39,47-48,55H,24-32H2,1-7H3,(H,56,57)/t33?,37?,39-/m1/s1. The van der Waals surface area contributed by atoms with Crippen LogP contribution in [0.4, 0.5) is 10.5 Å². The van der Waals surface area contributed by atoms with Crippen molar-refractivity contribution in [3.05, 3.63) is 114 Å². The van der Waals surface area contributed by atoms with E-state index in [1.165, 1.54) is 15.2 Å². The van der Waals surface area contributed by atoms with Gasteiger partial charge in [-0.2, -0.15) is 9.10 Å². The molecule has 1 aliphatic rings. The van der Waals surface area contributed by atoms with E-state index in [-0.39, 0.29) is 67.7 Å². The summed E-state index contributed by atoms with van der Waals surface area (Å²) in [6, 6.07) is 28.0. The van der Waals surface area contributed by atoms with Gasteiger partial charge in [-0.1, -0.05) is 93.6 Å². The average Bonchev–Trinajstić information content (AvgIpc) is 3.75. The summed E-state index contributed by atoms with van der Waals surface area (Å²) >= 11 is 0. The van der Waals surface area contributed by atoms with Crippen molar-refractivity contribution in [2.24, 2.45) is 5.92 Å². The van der Waals surface area contributed by atoms with Crippen LogP contribution in [0, 0.1) is 5.92 Å². The second kappa shape index (κ2) is 21.2. The van der Waals surface area contributed by atoms with Gasteiger partial charge in [0.25, 0.3) is 0 Å². The lowest BCUT2D eigenvalue weighted by Crippen LogP contribution is -2.50. The van der Waals surface area contributed by atoms with Crippen LogP contribution < -0.4 is 19.7 Å². The van der Waals surface area contributed by atoms with E-state index in [1.807, 2.05) is 70.0 Å². The molecule has 3 atom stereocenters. The van der Waals surface area contributed by atoms with Gasteiger partial charge in [-0.3, -0.25) is 0 Å². The molecule has 2 unspecified atom stereocenters. The number of piperidine rings is 1. The Bertz CT molecular complexity index is 2590. The molecule has 0 spiro atoms. The van der Waals surface area contributed by atoms with Gasteiger partial charge in [0.15, 0.2) is 8.32 Å². The van der Waals surface area contributed by atoms with E-state index in [0.29, 0.717) is 42.0 Å². The Labute approximate surface area is 389 Å². The first-order valence-corrected chi connectivity index (χ1v) is 27.7. The molecule has 0 saturated carbocycles. The molecule has 1 aromatic heterocycles. The van der Waals surface area contributed by atoms with Crippen LogP contribution in [0.3, 0.4) is 0 Å². The largest absolute Gasteiger partial charge is 0.497 e. The van der Waals surface area contributed by atoms with Crippen LogP contribution in [0.2, 0.25) is 18.1 Å². The fourth-order valence-electron chi connectivity index (χ4n) is 7.73. The normalized spacial score (nSPS) is 16.6. The zero-order chi connectivity index (χ0) is 47.9. The van der Waals surface area contributed by atoms with Crippen LogP contribution in [0.25, 0.3) is 11.4 Å². The number of rotatable bonds is 20. The highest BCUT2D eigenvalue weighted by Crippen LogP contribution is 2.43. The third-order valence-corrected chi connectivity index (χ3v) is 20.4. The van der Waals surface area contributed by atoms with E-state index in [1.54, 1.807) is 73.8 Å². The second-order valence-electron chi connectivity index (χ2n) is 18.2. The minimum atomic E-state index is -4.85. The van der Waals surface area contributed by atoms with Crippen molar-refractivity contribution in [2.75, 3.05) is 38.3 Å². The third kappa shape index (κ3) is 12.2. The van der Waals surface area contributed by atoms with Crippen molar-refractivity contribution in [3.63, 3.8) is 0 Å². The summed E-state index contributed by atoms with van der Waals surface area (Å²) in [5.74, 6) is 0.553. The van der Waals surface area contributed by atoms with Gasteiger partial charge < -0.3 is 29.6 Å². The van der Waals surface area contributed by atoms with Gasteiger partial charge in [0.1, 0.15) is 15.5 Å². The lowest BCUT2D eigenvalue weighted by molar-refractivity contribution is 0.163. The number of hydrogen-bond donors (Lipinski definition) is 4. The first kappa shape index (κ1) is 50.2. The summed E-state index contributed by atoms with van der Waals surface area (Å²) in [6.45, 7) is 11.7. The molecule has 4 N–H and O–H groups in total. The number of hydrogen-bond acceptors (Lipinski definition) is 12. The molecule has 1 amide bonds. The Kier molecular flexibility index (Phi) is 16.1. The zero-order valence-electron chi connectivity index (χ0n) is 38.6. The monoisotopic (exact) mass is 962 g/mol. The molecule has 17 nitrogen and oxygen atoms in total. The Morgan fingerprint density at radius 3 is 2.08 bits per heavy atom. The van der Waals surface area contributed by atoms with E-state index in [9.17, 15) is 15.0 Å². The number of aliphatic hydroxyl groups excluding tert-OH is 1. The van der Waals surface area contributed by atoms with Gasteiger partial charge in [0.05, 0.1) is 25.3 Å². The molecule has 1 fully saturated rings. The summed E-state index contributed by atoms with van der Waals surface area (Å²) in [4.78, 5) is 13.9. The molecule has 0 radical (unpaired) electrons. The maximum atomic E-state index is 16.0. The number of nitrogens with zero attached hydrogens (tertiary/aromatic N) is 6. The number of benzene rings is 4. The SMILES string of the molecule is COc1ccc(Cn2nnc(-c3c(N4CCC(CO)CC4C)ccc(S(=O)(=O)NC[C@@H](CNC(=O)O)O[Si](C)(C)C(C)(C)C)c3S(=O)(=O)N(Cc3ccccc3)Cc3ccccc3)n2)cc1. The number of tetrazole rings is 1. The molecule has 66 heavy (non-hydrogen) atoms. The number of sulfonamides is 2. The molecule has 2 heterocycles. The zero-order valence-corrected chi connectivity index (χ0v) is 41.2. The quantitative estimate of drug-likeness (QED) is 0.0629. The first-order valence-electron chi connectivity index (χ1n) is 21.9. The number of nitrogens with one attached hydrogen (secondary N) is 2. The Morgan fingerprint density at radius 2 is 1.53 bits per heavy atom. The van der Waals surface area contributed by atoms with Crippen molar-refractivity contribution in [2.45, 2.75) is 100 Å². The predicted molar refractivity (Wildman–Crippen MR) is 255 cm³/mol. The van der Waals surface area contributed by atoms with Crippen LogP contribution in [-0.4, -0.2) is 111 Å². The smallest absolute Gasteiger partial charge is 0.404 e. The Hall–Kier alpha value is -5.22. The number of anilines is 1. The van der Waals surface area contributed by atoms with E-state index >= 15 is 16.8 Å². The van der Waals surface area contributed by atoms with E-state index in [0.717, 1.165) is 5.56 Å². The third-order valence-electron chi connectivity index (χ3n) is 12.4. The highest BCUT2D eigenvalue weighted by Gasteiger charge is 2.42. The summed E-state index contributed by atoms with van der Waals surface area (Å²) in [6.07, 6.45) is -1.07. The van der Waals surface area contributed by atoms with Crippen molar-refractivity contribution in [3.8, 4) is 17.1 Å². The number of aromatic nitrogens is 4. The maximum Gasteiger partial charge on any atom is 0.404 e. The molecule has 0 bridgehead atoms. The highest BCUT2D eigenvalue weighted by molar-refractivity contribution is 7.92. The molecular formula is C46H62N8O9S2Si. The molecule has 1 aliphatic heterocycles. The highest BCUT2D eigenvalue weighted by atomic mass is 32.2. The van der Waals surface area contributed by atoms with E-state index in [2.05, 4.69) is 20.4 Å². The fraction of sp³-hybridized carbons (Fsp3) is 0.435. The van der Waals surface area contributed by atoms with Crippen LogP contribution in [-0.2, 0) is 44.1 Å². The molecule has 356 valence electrons. The van der Waals surface area contributed by atoms with Crippen molar-refractivity contribution >= 4 is 40.1 Å². The van der Waals surface area contributed by atoms with Crippen molar-refractivity contribution in [1.82, 2.24) is 34.6 Å². The molecule has 20 heteroatoms. The number of carboxylic acid groups (broad SMARTS) is 1. The molecule has 4 aromatic carbocycles. The van der Waals surface area contributed by atoms with Crippen LogP contribution in [0.1, 0.15) is 57.2 Å². The van der Waals surface area contributed by atoms with Gasteiger partial charge in [0.2, 0.25) is 25.9 Å². The number of methoxy groups -OCH3 is 1. The molecule has 5 aromatic rings. The summed E-state index contributed by atoms with van der Waals surface area (Å²) in [5, 5.41) is 35.2. The molecular weight excluding hydrogens is 901 g/mol. The van der Waals surface area contributed by atoms with Gasteiger partial charge in [0, 0.05) is 51.1 Å². The molecule has 6 rings (SSSR count). The lowest BCUT2D eigenvalue weighted by atomic mass is 9.91. The van der Waals surface area contributed by atoms with E-state index in [4.69, 9.17) is 14.3 Å². The summed E-state index contributed by atoms with van der Waals surface area (Å²) in [5.41, 5.74) is 2.45. The average molecular weight is 963 g/mol. The number of ether oxygens (including phenoxy) is 1. The van der Waals surface area contributed by atoms with Gasteiger partial charge in [-0.15, -0.1) is 10.2 Å². The Balaban J connectivity index is 1.58.